The van der Waals surface area contributed by atoms with Gasteiger partial charge < -0.3 is 20.7 Å². The van der Waals surface area contributed by atoms with Gasteiger partial charge in [0.1, 0.15) is 11.6 Å². The van der Waals surface area contributed by atoms with E-state index in [1.54, 1.807) is 55.6 Å². The van der Waals surface area contributed by atoms with Gasteiger partial charge in [0.25, 0.3) is 0 Å². The first kappa shape index (κ1) is 22.9. The summed E-state index contributed by atoms with van der Waals surface area (Å²) in [7, 11) is 1.55. The van der Waals surface area contributed by atoms with Gasteiger partial charge in [0.05, 0.1) is 7.11 Å². The van der Waals surface area contributed by atoms with Crippen LogP contribution in [0.3, 0.4) is 0 Å². The predicted octanol–water partition coefficient (Wildman–Crippen LogP) is 5.35. The predicted molar refractivity (Wildman–Crippen MR) is 124 cm³/mol. The SMILES string of the molecule is COc1ccc(NC(=O)N(CCNC(=O)Nc2cccc(Cl)c2)c2ccc(F)cc2)cc1. The molecule has 0 spiro atoms. The Morgan fingerprint density at radius 3 is 2.34 bits per heavy atom. The summed E-state index contributed by atoms with van der Waals surface area (Å²) in [6, 6.07) is 18.2. The number of benzene rings is 3. The lowest BCUT2D eigenvalue weighted by Gasteiger charge is -2.23. The summed E-state index contributed by atoms with van der Waals surface area (Å²) >= 11 is 5.91. The first-order valence-electron chi connectivity index (χ1n) is 9.73. The molecule has 0 bridgehead atoms. The molecule has 3 aromatic carbocycles. The molecule has 7 nitrogen and oxygen atoms in total. The zero-order chi connectivity index (χ0) is 22.9. The molecular weight excluding hydrogens is 435 g/mol. The number of nitrogens with zero attached hydrogens (tertiary/aromatic N) is 1. The van der Waals surface area contributed by atoms with E-state index in [0.29, 0.717) is 27.8 Å². The Labute approximate surface area is 190 Å². The third-order valence-corrected chi connectivity index (χ3v) is 4.66. The van der Waals surface area contributed by atoms with Crippen molar-refractivity contribution in [2.24, 2.45) is 0 Å². The highest BCUT2D eigenvalue weighted by molar-refractivity contribution is 6.30. The Balaban J connectivity index is 1.63. The number of rotatable bonds is 7. The lowest BCUT2D eigenvalue weighted by atomic mass is 10.2. The fourth-order valence-corrected chi connectivity index (χ4v) is 3.05. The Hall–Kier alpha value is -3.78. The third kappa shape index (κ3) is 6.61. The van der Waals surface area contributed by atoms with Crippen molar-refractivity contribution in [1.29, 1.82) is 0 Å². The fraction of sp³-hybridized carbons (Fsp3) is 0.130. The van der Waals surface area contributed by atoms with E-state index in [2.05, 4.69) is 16.0 Å². The van der Waals surface area contributed by atoms with Crippen LogP contribution in [-0.4, -0.2) is 32.3 Å². The number of amides is 4. The van der Waals surface area contributed by atoms with Gasteiger partial charge in [-0.05, 0) is 66.7 Å². The quantitative estimate of drug-likeness (QED) is 0.448. The molecule has 4 amide bonds. The van der Waals surface area contributed by atoms with E-state index in [1.807, 2.05) is 0 Å². The van der Waals surface area contributed by atoms with Gasteiger partial charge in [-0.25, -0.2) is 14.0 Å². The molecular formula is C23H22ClFN4O3. The summed E-state index contributed by atoms with van der Waals surface area (Å²) in [6.07, 6.45) is 0. The first-order chi connectivity index (χ1) is 15.4. The minimum atomic E-state index is -0.443. The molecule has 0 aliphatic carbocycles. The zero-order valence-electron chi connectivity index (χ0n) is 17.3. The molecule has 0 heterocycles. The van der Waals surface area contributed by atoms with Crippen LogP contribution in [0.4, 0.5) is 31.0 Å². The number of anilines is 3. The van der Waals surface area contributed by atoms with Crippen LogP contribution in [-0.2, 0) is 0 Å². The van der Waals surface area contributed by atoms with Crippen LogP contribution >= 0.6 is 11.6 Å². The number of nitrogens with one attached hydrogen (secondary N) is 3. The molecule has 166 valence electrons. The van der Waals surface area contributed by atoms with Crippen molar-refractivity contribution in [3.05, 3.63) is 83.6 Å². The first-order valence-corrected chi connectivity index (χ1v) is 10.1. The van der Waals surface area contributed by atoms with Crippen LogP contribution in [0, 0.1) is 5.82 Å². The summed E-state index contributed by atoms with van der Waals surface area (Å²) < 4.78 is 18.5. The second-order valence-corrected chi connectivity index (χ2v) is 7.11. The number of ether oxygens (including phenoxy) is 1. The molecule has 9 heteroatoms. The van der Waals surface area contributed by atoms with Crippen LogP contribution in [0.2, 0.25) is 5.02 Å². The summed E-state index contributed by atoms with van der Waals surface area (Å²) in [4.78, 5) is 26.5. The highest BCUT2D eigenvalue weighted by Crippen LogP contribution is 2.19. The second kappa shape index (κ2) is 11.0. The van der Waals surface area contributed by atoms with Crippen molar-refractivity contribution in [2.75, 3.05) is 35.7 Å². The van der Waals surface area contributed by atoms with E-state index in [-0.39, 0.29) is 13.1 Å². The number of urea groups is 2. The molecule has 0 unspecified atom stereocenters. The summed E-state index contributed by atoms with van der Waals surface area (Å²) in [5, 5.41) is 8.64. The van der Waals surface area contributed by atoms with E-state index in [9.17, 15) is 14.0 Å². The fourth-order valence-electron chi connectivity index (χ4n) is 2.86. The maximum Gasteiger partial charge on any atom is 0.326 e. The van der Waals surface area contributed by atoms with E-state index >= 15 is 0 Å². The van der Waals surface area contributed by atoms with Crippen LogP contribution in [0.5, 0.6) is 5.75 Å². The zero-order valence-corrected chi connectivity index (χ0v) is 18.0. The molecule has 0 aromatic heterocycles. The van der Waals surface area contributed by atoms with Crippen molar-refractivity contribution in [1.82, 2.24) is 5.32 Å². The van der Waals surface area contributed by atoms with E-state index < -0.39 is 17.9 Å². The Bertz CT molecular complexity index is 1060. The average Bonchev–Trinajstić information content (AvgIpc) is 2.78. The number of carbonyl (C=O) groups excluding carboxylic acids is 2. The standard InChI is InChI=1S/C23H22ClFN4O3/c1-32-21-11-7-18(8-12-21)28-23(31)29(20-9-5-17(25)6-10-20)14-13-26-22(30)27-19-4-2-3-16(24)15-19/h2-12,15H,13-14H2,1H3,(H,28,31)(H2,26,27,30). The number of halogens is 2. The van der Waals surface area contributed by atoms with Crippen molar-refractivity contribution in [2.45, 2.75) is 0 Å². The largest absolute Gasteiger partial charge is 0.497 e. The minimum absolute atomic E-state index is 0.149. The van der Waals surface area contributed by atoms with Crippen molar-refractivity contribution in [3.63, 3.8) is 0 Å². The van der Waals surface area contributed by atoms with E-state index in [0.717, 1.165) is 0 Å². The molecule has 0 fully saturated rings. The maximum absolute atomic E-state index is 13.4. The van der Waals surface area contributed by atoms with Gasteiger partial charge >= 0.3 is 12.1 Å². The Kier molecular flexibility index (Phi) is 7.88. The number of hydrogen-bond acceptors (Lipinski definition) is 3. The van der Waals surface area contributed by atoms with Gasteiger partial charge in [-0.1, -0.05) is 17.7 Å². The summed E-state index contributed by atoms with van der Waals surface area (Å²) in [5.74, 6) is 0.247. The third-order valence-electron chi connectivity index (χ3n) is 4.43. The molecule has 0 radical (unpaired) electrons. The second-order valence-electron chi connectivity index (χ2n) is 6.68. The Morgan fingerprint density at radius 1 is 0.969 bits per heavy atom. The van der Waals surface area contributed by atoms with Gasteiger partial charge in [0, 0.05) is 35.2 Å². The van der Waals surface area contributed by atoms with Gasteiger partial charge in [-0.2, -0.15) is 0 Å². The topological polar surface area (TPSA) is 82.7 Å². The van der Waals surface area contributed by atoms with Crippen LogP contribution in [0.1, 0.15) is 0 Å². The van der Waals surface area contributed by atoms with Crippen LogP contribution in [0.15, 0.2) is 72.8 Å². The van der Waals surface area contributed by atoms with Crippen molar-refractivity contribution >= 4 is 40.7 Å². The van der Waals surface area contributed by atoms with Gasteiger partial charge in [-0.15, -0.1) is 0 Å². The molecule has 3 aromatic rings. The highest BCUT2D eigenvalue weighted by Gasteiger charge is 2.16. The molecule has 0 aliphatic rings. The minimum Gasteiger partial charge on any atom is -0.497 e. The molecule has 0 saturated carbocycles. The summed E-state index contributed by atoms with van der Waals surface area (Å²) in [6.45, 7) is 0.302. The molecule has 0 aliphatic heterocycles. The van der Waals surface area contributed by atoms with E-state index in [4.69, 9.17) is 16.3 Å². The summed E-state index contributed by atoms with van der Waals surface area (Å²) in [5.41, 5.74) is 1.59. The lowest BCUT2D eigenvalue weighted by Crippen LogP contribution is -2.42. The lowest BCUT2D eigenvalue weighted by molar-refractivity contribution is 0.250. The monoisotopic (exact) mass is 456 g/mol. The molecule has 32 heavy (non-hydrogen) atoms. The maximum atomic E-state index is 13.4. The normalized spacial score (nSPS) is 10.2. The molecule has 0 saturated heterocycles. The van der Waals surface area contributed by atoms with Gasteiger partial charge in [-0.3, -0.25) is 4.90 Å². The van der Waals surface area contributed by atoms with E-state index in [1.165, 1.54) is 29.2 Å². The van der Waals surface area contributed by atoms with Crippen LogP contribution in [0.25, 0.3) is 0 Å². The molecule has 3 N–H and O–H groups in total. The molecule has 0 atom stereocenters. The molecule has 3 rings (SSSR count). The number of methoxy groups -OCH3 is 1. The number of hydrogen-bond donors (Lipinski definition) is 3. The highest BCUT2D eigenvalue weighted by atomic mass is 35.5. The van der Waals surface area contributed by atoms with Crippen LogP contribution < -0.4 is 25.6 Å². The van der Waals surface area contributed by atoms with Crippen molar-refractivity contribution < 1.29 is 18.7 Å². The smallest absolute Gasteiger partial charge is 0.326 e. The van der Waals surface area contributed by atoms with Crippen molar-refractivity contribution in [3.8, 4) is 5.75 Å². The van der Waals surface area contributed by atoms with Gasteiger partial charge in [0.15, 0.2) is 0 Å². The average molecular weight is 457 g/mol. The number of carbonyl (C=O) groups is 2. The van der Waals surface area contributed by atoms with Gasteiger partial charge in [0.2, 0.25) is 0 Å². The Morgan fingerprint density at radius 2 is 1.69 bits per heavy atom.